The fourth-order valence-corrected chi connectivity index (χ4v) is 6.35. The van der Waals surface area contributed by atoms with Crippen molar-refractivity contribution in [2.45, 2.75) is 31.3 Å². The van der Waals surface area contributed by atoms with Crippen LogP contribution in [0.2, 0.25) is 0 Å². The molecule has 0 aliphatic heterocycles. The summed E-state index contributed by atoms with van der Waals surface area (Å²) in [5.74, 6) is -2.70. The van der Waals surface area contributed by atoms with Gasteiger partial charge in [0.25, 0.3) is 10.0 Å². The highest BCUT2D eigenvalue weighted by atomic mass is 35.5. The minimum atomic E-state index is -4.22. The van der Waals surface area contributed by atoms with E-state index in [0.29, 0.717) is 0 Å². The van der Waals surface area contributed by atoms with Crippen LogP contribution in [0.1, 0.15) is 31.3 Å². The maximum Gasteiger partial charge on any atom is 0.360 e. The van der Waals surface area contributed by atoms with Crippen LogP contribution in [0.3, 0.4) is 0 Å². The number of benzene rings is 1. The summed E-state index contributed by atoms with van der Waals surface area (Å²) in [5.41, 5.74) is 0.210. The van der Waals surface area contributed by atoms with E-state index in [9.17, 15) is 22.4 Å². The lowest BCUT2D eigenvalue weighted by Gasteiger charge is -2.23. The molecule has 0 fully saturated rings. The third-order valence-electron chi connectivity index (χ3n) is 3.40. The number of sulfonamides is 1. The Morgan fingerprint density at radius 2 is 2.03 bits per heavy atom. The van der Waals surface area contributed by atoms with E-state index in [1.54, 1.807) is 27.4 Å². The van der Waals surface area contributed by atoms with Gasteiger partial charge in [0.05, 0.1) is 16.1 Å². The van der Waals surface area contributed by atoms with Crippen molar-refractivity contribution in [2.24, 2.45) is 0 Å². The Bertz CT molecular complexity index is 1060. The van der Waals surface area contributed by atoms with E-state index in [2.05, 4.69) is 10.3 Å². The van der Waals surface area contributed by atoms with Gasteiger partial charge >= 0.3 is 5.97 Å². The second-order valence-corrected chi connectivity index (χ2v) is 10.9. The highest BCUT2D eigenvalue weighted by molar-refractivity contribution is 7.98. The number of ether oxygens (including phenoxy) is 1. The van der Waals surface area contributed by atoms with Crippen LogP contribution in [0.5, 0.6) is 0 Å². The van der Waals surface area contributed by atoms with Gasteiger partial charge in [-0.2, -0.15) is 0 Å². The molecule has 1 N–H and O–H groups in total. The molecule has 0 spiro atoms. The van der Waals surface area contributed by atoms with Gasteiger partial charge in [0.15, 0.2) is 5.69 Å². The van der Waals surface area contributed by atoms with Crippen molar-refractivity contribution in [3.8, 4) is 0 Å². The molecule has 13 heteroatoms. The Morgan fingerprint density at radius 3 is 2.57 bits per heavy atom. The number of hydrogen-bond donors (Lipinski definition) is 1. The van der Waals surface area contributed by atoms with E-state index in [-0.39, 0.29) is 35.9 Å². The molecular formula is C17H20ClFN3O5PS2. The molecule has 2 rings (SSSR count). The SMILES string of the molecule is CPN(c1scnc1C(=O)OC(C)(C)C)S(=O)(=O)c1ccc(NC(=O)CCl)c(F)c1. The molecule has 1 unspecified atom stereocenters. The lowest BCUT2D eigenvalue weighted by Crippen LogP contribution is -2.27. The number of aromatic nitrogens is 1. The lowest BCUT2D eigenvalue weighted by molar-refractivity contribution is -0.113. The number of hydrogen-bond acceptors (Lipinski definition) is 7. The number of carbonyl (C=O) groups excluding carboxylic acids is 2. The molecule has 2 aromatic rings. The predicted octanol–water partition coefficient (Wildman–Crippen LogP) is 3.83. The van der Waals surface area contributed by atoms with Gasteiger partial charge in [-0.3, -0.25) is 4.79 Å². The summed E-state index contributed by atoms with van der Waals surface area (Å²) in [7, 11) is -4.53. The number of esters is 1. The quantitative estimate of drug-likeness (QED) is 0.355. The van der Waals surface area contributed by atoms with Crippen molar-refractivity contribution in [3.63, 3.8) is 0 Å². The zero-order valence-corrected chi connectivity index (χ0v) is 19.9. The van der Waals surface area contributed by atoms with Crippen LogP contribution in [0, 0.1) is 5.82 Å². The smallest absolute Gasteiger partial charge is 0.360 e. The van der Waals surface area contributed by atoms with Crippen LogP contribution in [0.4, 0.5) is 15.1 Å². The van der Waals surface area contributed by atoms with Gasteiger partial charge in [-0.05, 0) is 54.4 Å². The Morgan fingerprint density at radius 1 is 1.37 bits per heavy atom. The van der Waals surface area contributed by atoms with Crippen molar-refractivity contribution < 1.29 is 27.1 Å². The van der Waals surface area contributed by atoms with E-state index in [0.717, 1.165) is 33.6 Å². The number of nitrogens with one attached hydrogen (secondary N) is 1. The third kappa shape index (κ3) is 5.66. The molecule has 0 aliphatic carbocycles. The molecule has 1 aromatic carbocycles. The van der Waals surface area contributed by atoms with E-state index < -0.39 is 33.3 Å². The van der Waals surface area contributed by atoms with E-state index >= 15 is 0 Å². The Balaban J connectivity index is 2.42. The summed E-state index contributed by atoms with van der Waals surface area (Å²) in [6.45, 7) is 6.64. The Kier molecular flexibility index (Phi) is 7.79. The van der Waals surface area contributed by atoms with Gasteiger partial charge in [0.1, 0.15) is 22.3 Å². The van der Waals surface area contributed by atoms with Crippen LogP contribution in [-0.4, -0.2) is 43.4 Å². The summed E-state index contributed by atoms with van der Waals surface area (Å²) in [6, 6.07) is 3.08. The minimum absolute atomic E-state index is 0.0741. The van der Waals surface area contributed by atoms with Crippen LogP contribution < -0.4 is 9.39 Å². The van der Waals surface area contributed by atoms with Gasteiger partial charge in [-0.1, -0.05) is 0 Å². The zero-order chi connectivity index (χ0) is 22.7. The van der Waals surface area contributed by atoms with Gasteiger partial charge in [-0.15, -0.1) is 22.9 Å². The van der Waals surface area contributed by atoms with Crippen molar-refractivity contribution in [1.82, 2.24) is 4.98 Å². The molecule has 30 heavy (non-hydrogen) atoms. The Hall–Kier alpha value is -1.81. The largest absolute Gasteiger partial charge is 0.455 e. The first-order valence-corrected chi connectivity index (χ1v) is 12.8. The molecule has 0 radical (unpaired) electrons. The van der Waals surface area contributed by atoms with Crippen molar-refractivity contribution in [2.75, 3.05) is 21.9 Å². The monoisotopic (exact) mass is 495 g/mol. The first-order chi connectivity index (χ1) is 13.9. The fourth-order valence-electron chi connectivity index (χ4n) is 2.23. The molecule has 1 amide bonds. The predicted molar refractivity (Wildman–Crippen MR) is 117 cm³/mol. The summed E-state index contributed by atoms with van der Waals surface area (Å²) in [4.78, 5) is 27.4. The number of carbonyl (C=O) groups is 2. The molecule has 1 aromatic heterocycles. The number of thiazole rings is 1. The molecule has 164 valence electrons. The molecule has 0 bridgehead atoms. The first-order valence-electron chi connectivity index (χ1n) is 8.45. The van der Waals surface area contributed by atoms with Crippen LogP contribution in [-0.2, 0) is 19.6 Å². The molecular weight excluding hydrogens is 476 g/mol. The molecule has 1 heterocycles. The highest BCUT2D eigenvalue weighted by Crippen LogP contribution is 2.38. The number of rotatable bonds is 7. The maximum atomic E-state index is 14.4. The first kappa shape index (κ1) is 24.5. The average Bonchev–Trinajstić information content (AvgIpc) is 3.11. The summed E-state index contributed by atoms with van der Waals surface area (Å²) < 4.78 is 46.9. The second kappa shape index (κ2) is 9.55. The summed E-state index contributed by atoms with van der Waals surface area (Å²) >= 11 is 6.33. The number of anilines is 2. The third-order valence-corrected chi connectivity index (χ3v) is 8.14. The van der Waals surface area contributed by atoms with Gasteiger partial charge < -0.3 is 10.1 Å². The van der Waals surface area contributed by atoms with Crippen LogP contribution >= 0.6 is 31.7 Å². The molecule has 0 saturated carbocycles. The number of alkyl halides is 1. The van der Waals surface area contributed by atoms with Gasteiger partial charge in [0.2, 0.25) is 5.91 Å². The summed E-state index contributed by atoms with van der Waals surface area (Å²) in [6.07, 6.45) is 0. The maximum absolute atomic E-state index is 14.4. The van der Waals surface area contributed by atoms with Gasteiger partial charge in [-0.25, -0.2) is 26.7 Å². The number of amides is 1. The van der Waals surface area contributed by atoms with E-state index in [1.165, 1.54) is 5.51 Å². The van der Waals surface area contributed by atoms with Crippen LogP contribution in [0.15, 0.2) is 28.6 Å². The zero-order valence-electron chi connectivity index (χ0n) is 16.5. The normalized spacial score (nSPS) is 12.2. The Labute approximate surface area is 184 Å². The fraction of sp³-hybridized carbons (Fsp3) is 0.353. The molecule has 8 nitrogen and oxygen atoms in total. The van der Waals surface area contributed by atoms with Crippen molar-refractivity contribution >= 4 is 64.3 Å². The van der Waals surface area contributed by atoms with E-state index in [1.807, 2.05) is 0 Å². The van der Waals surface area contributed by atoms with Crippen molar-refractivity contribution in [3.05, 3.63) is 35.2 Å². The topological polar surface area (TPSA) is 106 Å². The summed E-state index contributed by atoms with van der Waals surface area (Å²) in [5, 5.41) is 2.31. The average molecular weight is 496 g/mol. The standard InChI is InChI=1S/C17H20ClFN3O5PS2/c1-17(2,3)27-16(24)14-15(29-9-20-14)22(28-4)30(25,26)10-5-6-12(11(19)7-10)21-13(23)8-18/h5-7,9,28H,8H2,1-4H3,(H,21,23). The second-order valence-electron chi connectivity index (χ2n) is 6.82. The highest BCUT2D eigenvalue weighted by Gasteiger charge is 2.32. The van der Waals surface area contributed by atoms with Crippen LogP contribution in [0.25, 0.3) is 0 Å². The minimum Gasteiger partial charge on any atom is -0.455 e. The van der Waals surface area contributed by atoms with E-state index in [4.69, 9.17) is 16.3 Å². The molecule has 0 saturated heterocycles. The molecule has 0 aliphatic rings. The lowest BCUT2D eigenvalue weighted by atomic mass is 10.2. The van der Waals surface area contributed by atoms with Gasteiger partial charge in [0, 0.05) is 0 Å². The molecule has 1 atom stereocenters. The number of nitrogens with zero attached hydrogens (tertiary/aromatic N) is 2. The number of halogens is 2. The van der Waals surface area contributed by atoms with Crippen molar-refractivity contribution in [1.29, 1.82) is 0 Å².